The van der Waals surface area contributed by atoms with Gasteiger partial charge in [-0.1, -0.05) is 12.8 Å². The van der Waals surface area contributed by atoms with Gasteiger partial charge in [0.25, 0.3) is 0 Å². The maximum atomic E-state index is 11.7. The fourth-order valence-corrected chi connectivity index (χ4v) is 2.86. The SMILES string of the molecule is O=C(CN1CCCCC1=O)NCCCOC1CCCC1. The molecule has 1 saturated carbocycles. The van der Waals surface area contributed by atoms with Crippen molar-refractivity contribution in [3.8, 4) is 0 Å². The smallest absolute Gasteiger partial charge is 0.239 e. The van der Waals surface area contributed by atoms with E-state index in [9.17, 15) is 9.59 Å². The van der Waals surface area contributed by atoms with Gasteiger partial charge in [-0.2, -0.15) is 0 Å². The second-order valence-electron chi connectivity index (χ2n) is 5.75. The third-order valence-electron chi connectivity index (χ3n) is 4.05. The predicted molar refractivity (Wildman–Crippen MR) is 76.3 cm³/mol. The summed E-state index contributed by atoms with van der Waals surface area (Å²) in [5, 5.41) is 2.86. The van der Waals surface area contributed by atoms with Crippen molar-refractivity contribution in [3.63, 3.8) is 0 Å². The van der Waals surface area contributed by atoms with E-state index < -0.39 is 0 Å². The fourth-order valence-electron chi connectivity index (χ4n) is 2.86. The van der Waals surface area contributed by atoms with Gasteiger partial charge in [-0.05, 0) is 32.1 Å². The molecule has 0 spiro atoms. The second-order valence-corrected chi connectivity index (χ2v) is 5.75. The maximum Gasteiger partial charge on any atom is 0.239 e. The lowest BCUT2D eigenvalue weighted by Crippen LogP contribution is -2.43. The lowest BCUT2D eigenvalue weighted by atomic mass is 10.1. The molecule has 2 rings (SSSR count). The van der Waals surface area contributed by atoms with E-state index in [1.807, 2.05) is 0 Å². The highest BCUT2D eigenvalue weighted by Gasteiger charge is 2.20. The summed E-state index contributed by atoms with van der Waals surface area (Å²) in [6, 6.07) is 0. The molecule has 5 heteroatoms. The van der Waals surface area contributed by atoms with Gasteiger partial charge < -0.3 is 15.0 Å². The van der Waals surface area contributed by atoms with E-state index in [0.717, 1.165) is 25.8 Å². The van der Waals surface area contributed by atoms with Gasteiger partial charge in [0.15, 0.2) is 0 Å². The molecule has 0 aromatic heterocycles. The highest BCUT2D eigenvalue weighted by Crippen LogP contribution is 2.20. The van der Waals surface area contributed by atoms with Crippen LogP contribution in [-0.4, -0.2) is 49.1 Å². The number of carbonyl (C=O) groups is 2. The normalized spacial score (nSPS) is 20.4. The molecule has 1 aliphatic carbocycles. The predicted octanol–water partition coefficient (Wildman–Crippen LogP) is 1.46. The molecule has 2 aliphatic rings. The van der Waals surface area contributed by atoms with Gasteiger partial charge in [-0.15, -0.1) is 0 Å². The summed E-state index contributed by atoms with van der Waals surface area (Å²) in [4.78, 5) is 25.0. The van der Waals surface area contributed by atoms with Crippen LogP contribution in [0.3, 0.4) is 0 Å². The zero-order valence-electron chi connectivity index (χ0n) is 12.2. The number of likely N-dealkylation sites (tertiary alicyclic amines) is 1. The molecule has 1 heterocycles. The van der Waals surface area contributed by atoms with E-state index >= 15 is 0 Å². The molecule has 0 bridgehead atoms. The number of carbonyl (C=O) groups excluding carboxylic acids is 2. The Balaban J connectivity index is 1.50. The van der Waals surface area contributed by atoms with Crippen molar-refractivity contribution in [1.82, 2.24) is 10.2 Å². The van der Waals surface area contributed by atoms with Crippen LogP contribution >= 0.6 is 0 Å². The molecule has 1 N–H and O–H groups in total. The molecular weight excluding hydrogens is 256 g/mol. The molecule has 0 radical (unpaired) electrons. The van der Waals surface area contributed by atoms with Crippen molar-refractivity contribution in [2.24, 2.45) is 0 Å². The van der Waals surface area contributed by atoms with Crippen molar-refractivity contribution >= 4 is 11.8 Å². The Labute approximate surface area is 121 Å². The van der Waals surface area contributed by atoms with Gasteiger partial charge in [0.2, 0.25) is 11.8 Å². The van der Waals surface area contributed by atoms with E-state index in [4.69, 9.17) is 4.74 Å². The zero-order chi connectivity index (χ0) is 14.2. The molecule has 0 atom stereocenters. The Hall–Kier alpha value is -1.10. The van der Waals surface area contributed by atoms with Crippen LogP contribution in [0.5, 0.6) is 0 Å². The van der Waals surface area contributed by atoms with E-state index in [0.29, 0.717) is 25.7 Å². The van der Waals surface area contributed by atoms with E-state index in [-0.39, 0.29) is 18.4 Å². The largest absolute Gasteiger partial charge is 0.378 e. The van der Waals surface area contributed by atoms with Gasteiger partial charge in [-0.3, -0.25) is 9.59 Å². The minimum absolute atomic E-state index is 0.0545. The quantitative estimate of drug-likeness (QED) is 0.719. The molecule has 0 unspecified atom stereocenters. The Morgan fingerprint density at radius 3 is 2.80 bits per heavy atom. The third kappa shape index (κ3) is 5.12. The molecule has 0 aromatic carbocycles. The van der Waals surface area contributed by atoms with Crippen LogP contribution in [-0.2, 0) is 14.3 Å². The van der Waals surface area contributed by atoms with Gasteiger partial charge in [0.1, 0.15) is 0 Å². The summed E-state index contributed by atoms with van der Waals surface area (Å²) in [6.45, 7) is 2.28. The first-order valence-corrected chi connectivity index (χ1v) is 7.92. The topological polar surface area (TPSA) is 58.6 Å². The average Bonchev–Trinajstić information content (AvgIpc) is 2.94. The number of nitrogens with zero attached hydrogens (tertiary/aromatic N) is 1. The summed E-state index contributed by atoms with van der Waals surface area (Å²) in [7, 11) is 0. The highest BCUT2D eigenvalue weighted by atomic mass is 16.5. The summed E-state index contributed by atoms with van der Waals surface area (Å²) < 4.78 is 5.74. The van der Waals surface area contributed by atoms with Crippen LogP contribution in [0.2, 0.25) is 0 Å². The Kier molecular flexibility index (Phi) is 6.30. The second kappa shape index (κ2) is 8.25. The van der Waals surface area contributed by atoms with Gasteiger partial charge in [-0.25, -0.2) is 0 Å². The zero-order valence-corrected chi connectivity index (χ0v) is 12.2. The van der Waals surface area contributed by atoms with Crippen LogP contribution in [0, 0.1) is 0 Å². The molecule has 2 fully saturated rings. The van der Waals surface area contributed by atoms with Crippen molar-refractivity contribution in [2.75, 3.05) is 26.2 Å². The minimum atomic E-state index is -0.0545. The Bertz CT molecular complexity index is 327. The molecule has 1 saturated heterocycles. The average molecular weight is 282 g/mol. The van der Waals surface area contributed by atoms with Crippen LogP contribution < -0.4 is 5.32 Å². The Morgan fingerprint density at radius 2 is 2.05 bits per heavy atom. The van der Waals surface area contributed by atoms with Crippen molar-refractivity contribution in [3.05, 3.63) is 0 Å². The van der Waals surface area contributed by atoms with Gasteiger partial charge >= 0.3 is 0 Å². The van der Waals surface area contributed by atoms with Gasteiger partial charge in [0, 0.05) is 26.1 Å². The first-order chi connectivity index (χ1) is 9.75. The first-order valence-electron chi connectivity index (χ1n) is 7.92. The van der Waals surface area contributed by atoms with Crippen LogP contribution in [0.4, 0.5) is 0 Å². The number of nitrogens with one attached hydrogen (secondary N) is 1. The first kappa shape index (κ1) is 15.3. The molecule has 0 aromatic rings. The molecule has 5 nitrogen and oxygen atoms in total. The molecule has 114 valence electrons. The highest BCUT2D eigenvalue weighted by molar-refractivity contribution is 5.85. The third-order valence-corrected chi connectivity index (χ3v) is 4.05. The number of hydrogen-bond acceptors (Lipinski definition) is 3. The number of rotatable bonds is 7. The fraction of sp³-hybridized carbons (Fsp3) is 0.867. The standard InChI is InChI=1S/C15H26N2O3/c18-14(12-17-10-4-3-8-15(17)19)16-9-5-11-20-13-6-1-2-7-13/h13H,1-12H2,(H,16,18). The number of ether oxygens (including phenoxy) is 1. The minimum Gasteiger partial charge on any atom is -0.378 e. The lowest BCUT2D eigenvalue weighted by molar-refractivity contribution is -0.137. The van der Waals surface area contributed by atoms with Crippen LogP contribution in [0.15, 0.2) is 0 Å². The summed E-state index contributed by atoms with van der Waals surface area (Å²) in [5.41, 5.74) is 0. The summed E-state index contributed by atoms with van der Waals surface area (Å²) in [6.07, 6.45) is 8.77. The number of piperidine rings is 1. The van der Waals surface area contributed by atoms with Crippen molar-refractivity contribution < 1.29 is 14.3 Å². The van der Waals surface area contributed by atoms with Crippen molar-refractivity contribution in [1.29, 1.82) is 0 Å². The molecule has 2 amide bonds. The maximum absolute atomic E-state index is 11.7. The van der Waals surface area contributed by atoms with Crippen LogP contribution in [0.1, 0.15) is 51.4 Å². The molecule has 20 heavy (non-hydrogen) atoms. The summed E-state index contributed by atoms with van der Waals surface area (Å²) >= 11 is 0. The van der Waals surface area contributed by atoms with Gasteiger partial charge in [0.05, 0.1) is 12.6 Å². The lowest BCUT2D eigenvalue weighted by Gasteiger charge is -2.25. The van der Waals surface area contributed by atoms with E-state index in [1.54, 1.807) is 4.90 Å². The Morgan fingerprint density at radius 1 is 1.25 bits per heavy atom. The van der Waals surface area contributed by atoms with Crippen LogP contribution in [0.25, 0.3) is 0 Å². The molecule has 1 aliphatic heterocycles. The number of amides is 2. The van der Waals surface area contributed by atoms with E-state index in [2.05, 4.69) is 5.32 Å². The number of hydrogen-bond donors (Lipinski definition) is 1. The summed E-state index contributed by atoms with van der Waals surface area (Å²) in [5.74, 6) is 0.0529. The van der Waals surface area contributed by atoms with E-state index in [1.165, 1.54) is 25.7 Å². The monoisotopic (exact) mass is 282 g/mol. The van der Waals surface area contributed by atoms with Crippen molar-refractivity contribution in [2.45, 2.75) is 57.5 Å². The molecular formula is C15H26N2O3.